The molecule has 0 N–H and O–H groups in total. The molecule has 2 heterocycles. The van der Waals surface area contributed by atoms with Gasteiger partial charge in [0.25, 0.3) is 0 Å². The van der Waals surface area contributed by atoms with Crippen LogP contribution in [0.1, 0.15) is 33.1 Å². The summed E-state index contributed by atoms with van der Waals surface area (Å²) in [5.74, 6) is -0.816. The molecule has 4 rings (SSSR count). The quantitative estimate of drug-likeness (QED) is 0.621. The first kappa shape index (κ1) is 12.3. The van der Waals surface area contributed by atoms with Gasteiger partial charge in [-0.25, -0.2) is 0 Å². The van der Waals surface area contributed by atoms with Crippen LogP contribution in [0.4, 0.5) is 0 Å². The van der Waals surface area contributed by atoms with E-state index in [0.717, 1.165) is 0 Å². The Morgan fingerprint density at radius 2 is 1.85 bits per heavy atom. The Labute approximate surface area is 116 Å². The van der Waals surface area contributed by atoms with Crippen molar-refractivity contribution in [1.82, 2.24) is 0 Å². The molecule has 1 spiro atoms. The molecule has 2 aliphatic carbocycles. The molecule has 0 aromatic heterocycles. The molecule has 5 nitrogen and oxygen atoms in total. The summed E-state index contributed by atoms with van der Waals surface area (Å²) in [7, 11) is 0. The van der Waals surface area contributed by atoms with Crippen LogP contribution < -0.4 is 0 Å². The maximum atomic E-state index is 12.6. The molecule has 0 amide bonds. The van der Waals surface area contributed by atoms with Gasteiger partial charge in [-0.1, -0.05) is 13.8 Å². The van der Waals surface area contributed by atoms with Crippen molar-refractivity contribution in [2.45, 2.75) is 39.4 Å². The molecule has 2 aliphatic heterocycles. The minimum absolute atomic E-state index is 0.0121. The van der Waals surface area contributed by atoms with Crippen LogP contribution in [0.3, 0.4) is 0 Å². The van der Waals surface area contributed by atoms with Gasteiger partial charge in [0.2, 0.25) is 6.29 Å². The summed E-state index contributed by atoms with van der Waals surface area (Å²) in [6, 6.07) is 0. The van der Waals surface area contributed by atoms with E-state index in [1.54, 1.807) is 0 Å². The summed E-state index contributed by atoms with van der Waals surface area (Å²) in [6.07, 6.45) is 0.362. The van der Waals surface area contributed by atoms with Crippen LogP contribution >= 0.6 is 0 Å². The van der Waals surface area contributed by atoms with Gasteiger partial charge in [0.05, 0.1) is 24.4 Å². The summed E-state index contributed by atoms with van der Waals surface area (Å²) in [6.45, 7) is 4.24. The average molecular weight is 276 g/mol. The van der Waals surface area contributed by atoms with E-state index in [4.69, 9.17) is 9.47 Å². The van der Waals surface area contributed by atoms with E-state index < -0.39 is 17.6 Å². The van der Waals surface area contributed by atoms with Gasteiger partial charge in [0.15, 0.2) is 11.6 Å². The predicted octanol–water partition coefficient (Wildman–Crippen LogP) is 1.16. The Kier molecular flexibility index (Phi) is 2.08. The second kappa shape index (κ2) is 3.39. The maximum Gasteiger partial charge on any atom is 0.309 e. The minimum atomic E-state index is -0.822. The molecule has 4 aliphatic rings. The standard InChI is InChI=1S/C15H16O5/c1-14(2)3-7-11(9(16)4-14)15-5-10(17)20-13(15)19-6-8(15)12(7)18/h8,13H,3-6H2,1-2H3/t8-,13?,15-/m0/s1. The number of Topliss-reactive ketones (excluding diaryl/α,β-unsaturated/α-hetero) is 2. The first-order chi connectivity index (χ1) is 9.35. The molecule has 0 saturated carbocycles. The number of esters is 1. The van der Waals surface area contributed by atoms with Gasteiger partial charge in [0.1, 0.15) is 0 Å². The molecule has 2 fully saturated rings. The summed E-state index contributed by atoms with van der Waals surface area (Å²) < 4.78 is 10.7. The molecule has 5 heteroatoms. The molecule has 1 unspecified atom stereocenters. The molecule has 20 heavy (non-hydrogen) atoms. The third-order valence-electron chi connectivity index (χ3n) is 5.09. The lowest BCUT2D eigenvalue weighted by atomic mass is 9.67. The van der Waals surface area contributed by atoms with Crippen LogP contribution in [0.25, 0.3) is 0 Å². The molecule has 3 atom stereocenters. The Balaban J connectivity index is 1.91. The minimum Gasteiger partial charge on any atom is -0.435 e. The first-order valence-electron chi connectivity index (χ1n) is 6.97. The zero-order valence-corrected chi connectivity index (χ0v) is 11.5. The number of ketones is 2. The van der Waals surface area contributed by atoms with Crippen LogP contribution in [0.2, 0.25) is 0 Å². The zero-order valence-electron chi connectivity index (χ0n) is 11.5. The van der Waals surface area contributed by atoms with Gasteiger partial charge in [-0.3, -0.25) is 14.4 Å². The van der Waals surface area contributed by atoms with Crippen LogP contribution in [0.15, 0.2) is 11.1 Å². The van der Waals surface area contributed by atoms with Gasteiger partial charge in [-0.05, 0) is 11.8 Å². The van der Waals surface area contributed by atoms with Crippen LogP contribution in [-0.2, 0) is 23.9 Å². The van der Waals surface area contributed by atoms with Crippen molar-refractivity contribution in [3.8, 4) is 0 Å². The number of ether oxygens (including phenoxy) is 2. The van der Waals surface area contributed by atoms with Crippen molar-refractivity contribution < 1.29 is 23.9 Å². The molecule has 0 aromatic carbocycles. The van der Waals surface area contributed by atoms with E-state index in [1.807, 2.05) is 13.8 Å². The number of carbonyl (C=O) groups is 3. The number of hydrogen-bond donors (Lipinski definition) is 0. The van der Waals surface area contributed by atoms with Gasteiger partial charge < -0.3 is 9.47 Å². The lowest BCUT2D eigenvalue weighted by molar-refractivity contribution is -0.160. The fraction of sp³-hybridized carbons (Fsp3) is 0.667. The number of hydrogen-bond acceptors (Lipinski definition) is 5. The lowest BCUT2D eigenvalue weighted by Crippen LogP contribution is -2.37. The van der Waals surface area contributed by atoms with Crippen molar-refractivity contribution in [2.24, 2.45) is 16.7 Å². The van der Waals surface area contributed by atoms with Gasteiger partial charge in [-0.2, -0.15) is 0 Å². The normalized spacial score (nSPS) is 41.6. The van der Waals surface area contributed by atoms with E-state index >= 15 is 0 Å². The number of rotatable bonds is 0. The topological polar surface area (TPSA) is 69.7 Å². The van der Waals surface area contributed by atoms with E-state index in [9.17, 15) is 14.4 Å². The maximum absolute atomic E-state index is 12.6. The second-order valence-corrected chi connectivity index (χ2v) is 7.08. The third-order valence-corrected chi connectivity index (χ3v) is 5.09. The molecule has 0 bridgehead atoms. The second-order valence-electron chi connectivity index (χ2n) is 7.08. The summed E-state index contributed by atoms with van der Waals surface area (Å²) in [4.78, 5) is 36.9. The van der Waals surface area contributed by atoms with Crippen molar-refractivity contribution in [2.75, 3.05) is 6.61 Å². The van der Waals surface area contributed by atoms with Crippen LogP contribution in [-0.4, -0.2) is 30.4 Å². The fourth-order valence-corrected chi connectivity index (χ4v) is 4.36. The largest absolute Gasteiger partial charge is 0.435 e. The van der Waals surface area contributed by atoms with Gasteiger partial charge in [0, 0.05) is 17.6 Å². The van der Waals surface area contributed by atoms with E-state index in [2.05, 4.69) is 0 Å². The highest BCUT2D eigenvalue weighted by Gasteiger charge is 2.69. The Morgan fingerprint density at radius 1 is 1.10 bits per heavy atom. The molecular weight excluding hydrogens is 260 g/mol. The van der Waals surface area contributed by atoms with E-state index in [1.165, 1.54) is 0 Å². The number of allylic oxidation sites excluding steroid dienone is 1. The molecular formula is C15H16O5. The van der Waals surface area contributed by atoms with Crippen LogP contribution in [0.5, 0.6) is 0 Å². The predicted molar refractivity (Wildman–Crippen MR) is 66.4 cm³/mol. The first-order valence-corrected chi connectivity index (χ1v) is 6.97. The fourth-order valence-electron chi connectivity index (χ4n) is 4.36. The van der Waals surface area contributed by atoms with E-state index in [-0.39, 0.29) is 36.0 Å². The van der Waals surface area contributed by atoms with Crippen molar-refractivity contribution in [3.63, 3.8) is 0 Å². The molecule has 0 radical (unpaired) electrons. The van der Waals surface area contributed by atoms with Crippen molar-refractivity contribution >= 4 is 17.5 Å². The zero-order chi connectivity index (χ0) is 14.3. The SMILES string of the molecule is CC1(C)CC(=O)C2=C(C1)C(=O)[C@@H]1COC3OC(=O)C[C@]231. The Hall–Kier alpha value is -1.49. The highest BCUT2D eigenvalue weighted by atomic mass is 16.7. The summed E-state index contributed by atoms with van der Waals surface area (Å²) >= 11 is 0. The monoisotopic (exact) mass is 276 g/mol. The summed E-state index contributed by atoms with van der Waals surface area (Å²) in [5.41, 5.74) is 0.153. The van der Waals surface area contributed by atoms with Gasteiger partial charge in [-0.15, -0.1) is 0 Å². The molecule has 0 aromatic rings. The molecule has 2 saturated heterocycles. The Bertz CT molecular complexity index is 599. The van der Waals surface area contributed by atoms with Crippen molar-refractivity contribution in [3.05, 3.63) is 11.1 Å². The summed E-state index contributed by atoms with van der Waals surface area (Å²) in [5, 5.41) is 0. The van der Waals surface area contributed by atoms with Crippen LogP contribution in [0, 0.1) is 16.7 Å². The highest BCUT2D eigenvalue weighted by Crippen LogP contribution is 2.62. The average Bonchev–Trinajstić information content (AvgIpc) is 2.85. The lowest BCUT2D eigenvalue weighted by Gasteiger charge is -2.33. The van der Waals surface area contributed by atoms with Crippen molar-refractivity contribution in [1.29, 1.82) is 0 Å². The number of carbonyl (C=O) groups excluding carboxylic acids is 3. The van der Waals surface area contributed by atoms with Gasteiger partial charge >= 0.3 is 5.97 Å². The highest BCUT2D eigenvalue weighted by molar-refractivity contribution is 6.15. The third kappa shape index (κ3) is 1.24. The molecule has 106 valence electrons. The van der Waals surface area contributed by atoms with E-state index in [0.29, 0.717) is 24.0 Å². The Morgan fingerprint density at radius 3 is 2.60 bits per heavy atom. The smallest absolute Gasteiger partial charge is 0.309 e.